The Morgan fingerprint density at radius 3 is 2.60 bits per heavy atom. The molecule has 1 aliphatic carbocycles. The van der Waals surface area contributed by atoms with Gasteiger partial charge in [0.25, 0.3) is 0 Å². The normalized spacial score (nSPS) is 20.2. The molecule has 1 heterocycles. The van der Waals surface area contributed by atoms with Crippen molar-refractivity contribution in [2.45, 2.75) is 4.28 Å². The van der Waals surface area contributed by atoms with Crippen LogP contribution in [-0.4, -0.2) is 4.98 Å². The Kier molecular flexibility index (Phi) is 2.57. The summed E-state index contributed by atoms with van der Waals surface area (Å²) in [6.45, 7) is 0. The number of hydrogen-bond acceptors (Lipinski definition) is 1. The molecule has 0 amide bonds. The van der Waals surface area contributed by atoms with E-state index in [1.807, 2.05) is 12.3 Å². The van der Waals surface area contributed by atoms with E-state index < -0.39 is 0 Å². The van der Waals surface area contributed by atoms with Crippen LogP contribution in [0.2, 0.25) is 0 Å². The Bertz CT molecular complexity index is 832. The Hall–Kier alpha value is -1.88. The van der Waals surface area contributed by atoms with Crippen LogP contribution >= 0.6 is 0 Å². The Labute approximate surface area is 126 Å². The van der Waals surface area contributed by atoms with E-state index in [4.69, 9.17) is 0 Å². The average molecular weight is 294 g/mol. The van der Waals surface area contributed by atoms with E-state index in [1.165, 1.54) is 22.1 Å². The van der Waals surface area contributed by atoms with Crippen LogP contribution in [0, 0.1) is 0 Å². The summed E-state index contributed by atoms with van der Waals surface area (Å²) in [5.41, 5.74) is 4.87. The second kappa shape index (κ2) is 4.31. The summed E-state index contributed by atoms with van der Waals surface area (Å²) in [4.78, 5) is 4.59. The predicted octanol–water partition coefficient (Wildman–Crippen LogP) is 4.05. The summed E-state index contributed by atoms with van der Waals surface area (Å²) >= 11 is 3.39. The van der Waals surface area contributed by atoms with E-state index in [1.54, 1.807) is 0 Å². The van der Waals surface area contributed by atoms with Crippen molar-refractivity contribution in [1.29, 1.82) is 0 Å². The van der Waals surface area contributed by atoms with Crippen molar-refractivity contribution >= 4 is 17.0 Å². The SMILES string of the molecule is [Cr][C]1(c2cccc3cccnc23)C=Cc2ccccc21. The molecule has 3 aromatic rings. The van der Waals surface area contributed by atoms with E-state index >= 15 is 0 Å². The maximum absolute atomic E-state index is 4.59. The fourth-order valence-corrected chi connectivity index (χ4v) is 3.57. The van der Waals surface area contributed by atoms with Crippen molar-refractivity contribution in [3.63, 3.8) is 0 Å². The summed E-state index contributed by atoms with van der Waals surface area (Å²) < 4.78 is -0.218. The zero-order valence-corrected chi connectivity index (χ0v) is 12.1. The van der Waals surface area contributed by atoms with E-state index in [2.05, 4.69) is 82.0 Å². The van der Waals surface area contributed by atoms with Gasteiger partial charge in [-0.15, -0.1) is 0 Å². The summed E-state index contributed by atoms with van der Waals surface area (Å²) in [7, 11) is 0. The minimum absolute atomic E-state index is 0.218. The van der Waals surface area contributed by atoms with Gasteiger partial charge in [-0.25, -0.2) is 0 Å². The van der Waals surface area contributed by atoms with Crippen LogP contribution in [0.25, 0.3) is 17.0 Å². The third-order valence-corrected chi connectivity index (χ3v) is 4.79. The van der Waals surface area contributed by atoms with Crippen LogP contribution in [0.15, 0.2) is 66.9 Å². The minimum atomic E-state index is -0.218. The molecule has 0 bridgehead atoms. The third-order valence-electron chi connectivity index (χ3n) is 3.89. The first-order valence-corrected chi connectivity index (χ1v) is 7.26. The van der Waals surface area contributed by atoms with Crippen molar-refractivity contribution in [3.05, 3.63) is 83.6 Å². The number of hydrogen-bond donors (Lipinski definition) is 0. The van der Waals surface area contributed by atoms with Crippen molar-refractivity contribution < 1.29 is 16.3 Å². The average Bonchev–Trinajstić information content (AvgIpc) is 2.86. The molecule has 1 aliphatic rings. The number of fused-ring (bicyclic) bond motifs is 2. The van der Waals surface area contributed by atoms with Gasteiger partial charge >= 0.3 is 126 Å². The molecule has 1 atom stereocenters. The van der Waals surface area contributed by atoms with Crippen molar-refractivity contribution in [2.24, 2.45) is 0 Å². The van der Waals surface area contributed by atoms with Gasteiger partial charge in [-0.3, -0.25) is 0 Å². The van der Waals surface area contributed by atoms with Gasteiger partial charge in [0.05, 0.1) is 0 Å². The molecule has 2 aromatic carbocycles. The van der Waals surface area contributed by atoms with E-state index in [9.17, 15) is 0 Å². The molecule has 0 spiro atoms. The van der Waals surface area contributed by atoms with Gasteiger partial charge in [0.2, 0.25) is 0 Å². The molecule has 95 valence electrons. The standard InChI is InChI=1S/C18H12N.Cr/c1-2-8-15-13(5-1)10-11-16(15)17-9-3-6-14-7-4-12-19-18(14)17;/h1-12H;. The van der Waals surface area contributed by atoms with Crippen LogP contribution in [0.3, 0.4) is 0 Å². The number of pyridine rings is 1. The number of rotatable bonds is 1. The summed E-state index contributed by atoms with van der Waals surface area (Å²) in [6.07, 6.45) is 6.29. The van der Waals surface area contributed by atoms with Gasteiger partial charge < -0.3 is 0 Å². The molecule has 1 aromatic heterocycles. The first-order chi connectivity index (χ1) is 9.79. The molecule has 0 aliphatic heterocycles. The molecular formula is C18H12CrN. The van der Waals surface area contributed by atoms with Crippen molar-refractivity contribution in [3.8, 4) is 0 Å². The second-order valence-electron chi connectivity index (χ2n) is 5.04. The van der Waals surface area contributed by atoms with Crippen LogP contribution in [-0.2, 0) is 20.6 Å². The molecule has 4 rings (SSSR count). The van der Waals surface area contributed by atoms with Crippen molar-refractivity contribution in [2.75, 3.05) is 0 Å². The molecule has 1 unspecified atom stereocenters. The van der Waals surface area contributed by atoms with Gasteiger partial charge in [0, 0.05) is 0 Å². The Morgan fingerprint density at radius 1 is 0.850 bits per heavy atom. The number of benzene rings is 2. The fraction of sp³-hybridized carbons (Fsp3) is 0.0556. The van der Waals surface area contributed by atoms with Crippen LogP contribution in [0.1, 0.15) is 16.7 Å². The first kappa shape index (κ1) is 11.9. The quantitative estimate of drug-likeness (QED) is 0.660. The summed E-state index contributed by atoms with van der Waals surface area (Å²) in [6, 6.07) is 19.0. The predicted molar refractivity (Wildman–Crippen MR) is 78.0 cm³/mol. The molecule has 0 saturated carbocycles. The van der Waals surface area contributed by atoms with E-state index in [0.29, 0.717) is 0 Å². The van der Waals surface area contributed by atoms with Gasteiger partial charge in [-0.1, -0.05) is 0 Å². The number of para-hydroxylation sites is 1. The van der Waals surface area contributed by atoms with E-state index in [0.717, 1.165) is 5.52 Å². The van der Waals surface area contributed by atoms with E-state index in [-0.39, 0.29) is 4.28 Å². The third kappa shape index (κ3) is 1.59. The summed E-state index contributed by atoms with van der Waals surface area (Å²) in [5.74, 6) is 0. The maximum atomic E-state index is 4.59. The molecule has 2 heteroatoms. The summed E-state index contributed by atoms with van der Waals surface area (Å²) in [5, 5.41) is 1.18. The topological polar surface area (TPSA) is 12.9 Å². The Morgan fingerprint density at radius 2 is 1.65 bits per heavy atom. The molecule has 1 nitrogen and oxygen atoms in total. The van der Waals surface area contributed by atoms with Crippen LogP contribution in [0.4, 0.5) is 0 Å². The molecule has 0 saturated heterocycles. The van der Waals surface area contributed by atoms with Gasteiger partial charge in [-0.2, -0.15) is 0 Å². The molecule has 0 N–H and O–H groups in total. The zero-order valence-electron chi connectivity index (χ0n) is 10.8. The monoisotopic (exact) mass is 294 g/mol. The van der Waals surface area contributed by atoms with Gasteiger partial charge in [0.1, 0.15) is 0 Å². The first-order valence-electron chi connectivity index (χ1n) is 6.62. The molecule has 20 heavy (non-hydrogen) atoms. The fourth-order valence-electron chi connectivity index (χ4n) is 2.92. The molecule has 0 radical (unpaired) electrons. The van der Waals surface area contributed by atoms with Crippen LogP contribution < -0.4 is 0 Å². The van der Waals surface area contributed by atoms with Gasteiger partial charge in [0.15, 0.2) is 0 Å². The Balaban J connectivity index is 2.03. The van der Waals surface area contributed by atoms with Gasteiger partial charge in [-0.05, 0) is 0 Å². The van der Waals surface area contributed by atoms with Crippen LogP contribution in [0.5, 0.6) is 0 Å². The van der Waals surface area contributed by atoms with Crippen molar-refractivity contribution in [1.82, 2.24) is 4.98 Å². The second-order valence-corrected chi connectivity index (χ2v) is 6.04. The molecular weight excluding hydrogens is 282 g/mol. The number of nitrogens with zero attached hydrogens (tertiary/aromatic N) is 1. The number of aromatic nitrogens is 1. The number of allylic oxidation sites excluding steroid dienone is 1. The molecule has 0 fully saturated rings. The zero-order chi connectivity index (χ0) is 13.6.